The highest BCUT2D eigenvalue weighted by molar-refractivity contribution is 7.89. The van der Waals surface area contributed by atoms with E-state index in [1.165, 1.54) is 10.4 Å². The minimum Gasteiger partial charge on any atom is -0.356 e. The third kappa shape index (κ3) is 4.73. The van der Waals surface area contributed by atoms with Crippen molar-refractivity contribution in [1.82, 2.24) is 19.2 Å². The van der Waals surface area contributed by atoms with Crippen molar-refractivity contribution < 1.29 is 8.42 Å². The molecule has 5 rings (SSSR count). The summed E-state index contributed by atoms with van der Waals surface area (Å²) in [7, 11) is -1.69. The number of anilines is 2. The first kappa shape index (κ1) is 24.0. The van der Waals surface area contributed by atoms with E-state index in [1.807, 2.05) is 6.07 Å². The maximum atomic E-state index is 13.6. The van der Waals surface area contributed by atoms with Gasteiger partial charge in [0.05, 0.1) is 16.2 Å². The average Bonchev–Trinajstić information content (AvgIpc) is 2.88. The number of likely N-dealkylation sites (N-methyl/N-ethyl adjacent to an activating group) is 1. The van der Waals surface area contributed by atoms with Crippen LogP contribution in [0.15, 0.2) is 29.2 Å². The van der Waals surface area contributed by atoms with Crippen LogP contribution in [0.2, 0.25) is 0 Å². The highest BCUT2D eigenvalue weighted by Gasteiger charge is 2.34. The fourth-order valence-corrected chi connectivity index (χ4v) is 6.67. The van der Waals surface area contributed by atoms with Crippen molar-refractivity contribution in [1.29, 1.82) is 5.26 Å². The molecule has 0 saturated carbocycles. The molecule has 0 unspecified atom stereocenters. The van der Waals surface area contributed by atoms with Crippen molar-refractivity contribution in [3.05, 3.63) is 41.1 Å². The van der Waals surface area contributed by atoms with E-state index < -0.39 is 10.0 Å². The number of fused-ring (bicyclic) bond motifs is 1. The van der Waals surface area contributed by atoms with Crippen LogP contribution < -0.4 is 9.80 Å². The van der Waals surface area contributed by atoms with Crippen LogP contribution in [0.25, 0.3) is 0 Å². The molecule has 3 aliphatic rings. The number of nitriles is 1. The molecule has 2 saturated heterocycles. The predicted octanol–water partition coefficient (Wildman–Crippen LogP) is 2.08. The van der Waals surface area contributed by atoms with Crippen LogP contribution in [-0.2, 0) is 23.0 Å². The molecule has 0 aliphatic carbocycles. The molecule has 2 aromatic rings. The average molecular weight is 496 g/mol. The minimum absolute atomic E-state index is 0.0641. The molecular formula is C25H33N7O2S. The summed E-state index contributed by atoms with van der Waals surface area (Å²) in [6.45, 7) is 8.39. The summed E-state index contributed by atoms with van der Waals surface area (Å²) in [6, 6.07) is 8.45. The quantitative estimate of drug-likeness (QED) is 0.636. The van der Waals surface area contributed by atoms with Crippen LogP contribution in [-0.4, -0.2) is 80.5 Å². The maximum Gasteiger partial charge on any atom is 0.244 e. The second kappa shape index (κ2) is 9.72. The first-order chi connectivity index (χ1) is 16.9. The summed E-state index contributed by atoms with van der Waals surface area (Å²) in [5, 5.41) is 9.48. The van der Waals surface area contributed by atoms with E-state index in [4.69, 9.17) is 9.97 Å². The van der Waals surface area contributed by atoms with Crippen molar-refractivity contribution in [3.63, 3.8) is 0 Å². The Labute approximate surface area is 208 Å². The van der Waals surface area contributed by atoms with Gasteiger partial charge in [0.15, 0.2) is 0 Å². The minimum atomic E-state index is -3.82. The molecule has 0 spiro atoms. The van der Waals surface area contributed by atoms with E-state index in [0.717, 1.165) is 75.1 Å². The van der Waals surface area contributed by atoms with Crippen LogP contribution in [0.5, 0.6) is 0 Å². The molecule has 35 heavy (non-hydrogen) atoms. The number of sulfonamides is 1. The van der Waals surface area contributed by atoms with Crippen molar-refractivity contribution in [2.24, 2.45) is 5.92 Å². The molecule has 10 heteroatoms. The van der Waals surface area contributed by atoms with Gasteiger partial charge in [-0.1, -0.05) is 19.1 Å². The highest BCUT2D eigenvalue weighted by Crippen LogP contribution is 2.34. The molecule has 1 aromatic heterocycles. The van der Waals surface area contributed by atoms with Crippen molar-refractivity contribution >= 4 is 21.8 Å². The monoisotopic (exact) mass is 495 g/mol. The number of benzene rings is 1. The second-order valence-electron chi connectivity index (χ2n) is 9.93. The molecule has 4 heterocycles. The molecule has 3 aliphatic heterocycles. The molecule has 0 amide bonds. The molecule has 186 valence electrons. The molecule has 1 aromatic carbocycles. The SMILES string of the molecule is CC1CCN(c2nc(N3CCN(C)CC3)nc3c2CN(S(=O)(=O)c2ccccc2C#N)CC3)CC1. The third-order valence-electron chi connectivity index (χ3n) is 7.49. The van der Waals surface area contributed by atoms with Crippen LogP contribution in [0.3, 0.4) is 0 Å². The smallest absolute Gasteiger partial charge is 0.244 e. The zero-order valence-electron chi connectivity index (χ0n) is 20.5. The Kier molecular flexibility index (Phi) is 6.66. The third-order valence-corrected chi connectivity index (χ3v) is 9.39. The Balaban J connectivity index is 1.51. The van der Waals surface area contributed by atoms with Gasteiger partial charge in [-0.2, -0.15) is 14.6 Å². The Morgan fingerprint density at radius 3 is 2.40 bits per heavy atom. The van der Waals surface area contributed by atoms with Gasteiger partial charge < -0.3 is 14.7 Å². The lowest BCUT2D eigenvalue weighted by Gasteiger charge is -2.37. The number of hydrogen-bond acceptors (Lipinski definition) is 8. The van der Waals surface area contributed by atoms with E-state index in [1.54, 1.807) is 18.2 Å². The largest absolute Gasteiger partial charge is 0.356 e. The number of rotatable bonds is 4. The summed E-state index contributed by atoms with van der Waals surface area (Å²) in [5.41, 5.74) is 2.02. The molecule has 2 fully saturated rings. The summed E-state index contributed by atoms with van der Waals surface area (Å²) >= 11 is 0. The van der Waals surface area contributed by atoms with E-state index >= 15 is 0 Å². The van der Waals surface area contributed by atoms with Gasteiger partial charge in [0, 0.05) is 64.3 Å². The van der Waals surface area contributed by atoms with Gasteiger partial charge in [-0.05, 0) is 37.9 Å². The molecule has 0 N–H and O–H groups in total. The highest BCUT2D eigenvalue weighted by atomic mass is 32.2. The molecular weight excluding hydrogens is 462 g/mol. The Bertz CT molecular complexity index is 1230. The number of aromatic nitrogens is 2. The summed E-state index contributed by atoms with van der Waals surface area (Å²) < 4.78 is 28.6. The standard InChI is InChI=1S/C25H33N7O2S/c1-19-7-10-30(11-8-19)24-21-18-32(35(33,34)23-6-4-3-5-20(23)17-26)12-9-22(21)27-25(28-24)31-15-13-29(2)14-16-31/h3-6,19H,7-16,18H2,1-2H3. The van der Waals surface area contributed by atoms with Gasteiger partial charge in [-0.15, -0.1) is 0 Å². The summed E-state index contributed by atoms with van der Waals surface area (Å²) in [6.07, 6.45) is 2.73. The van der Waals surface area contributed by atoms with Crippen molar-refractivity contribution in [3.8, 4) is 6.07 Å². The summed E-state index contributed by atoms with van der Waals surface area (Å²) in [4.78, 5) is 17.0. The predicted molar refractivity (Wildman–Crippen MR) is 135 cm³/mol. The van der Waals surface area contributed by atoms with Crippen molar-refractivity contribution in [2.75, 3.05) is 62.7 Å². The fourth-order valence-electron chi connectivity index (χ4n) is 5.12. The fraction of sp³-hybridized carbons (Fsp3) is 0.560. The lowest BCUT2D eigenvalue weighted by Crippen LogP contribution is -2.46. The molecule has 0 bridgehead atoms. The van der Waals surface area contributed by atoms with Crippen molar-refractivity contribution in [2.45, 2.75) is 37.6 Å². The van der Waals surface area contributed by atoms with Gasteiger partial charge in [0.2, 0.25) is 16.0 Å². The van der Waals surface area contributed by atoms with Crippen LogP contribution in [0, 0.1) is 17.2 Å². The van der Waals surface area contributed by atoms with E-state index in [-0.39, 0.29) is 17.0 Å². The maximum absolute atomic E-state index is 13.6. The number of nitrogens with zero attached hydrogens (tertiary/aromatic N) is 7. The molecule has 0 radical (unpaired) electrons. The Morgan fingerprint density at radius 1 is 0.971 bits per heavy atom. The lowest BCUT2D eigenvalue weighted by atomic mass is 9.98. The normalized spacial score (nSPS) is 20.5. The Morgan fingerprint density at radius 2 is 1.69 bits per heavy atom. The van der Waals surface area contributed by atoms with Gasteiger partial charge in [-0.3, -0.25) is 0 Å². The first-order valence-electron chi connectivity index (χ1n) is 12.4. The number of hydrogen-bond donors (Lipinski definition) is 0. The second-order valence-corrected chi connectivity index (χ2v) is 11.8. The lowest BCUT2D eigenvalue weighted by molar-refractivity contribution is 0.310. The zero-order valence-corrected chi connectivity index (χ0v) is 21.3. The summed E-state index contributed by atoms with van der Waals surface area (Å²) in [5.74, 6) is 2.32. The van der Waals surface area contributed by atoms with E-state index in [2.05, 4.69) is 28.7 Å². The van der Waals surface area contributed by atoms with E-state index in [0.29, 0.717) is 18.9 Å². The number of piperidine rings is 1. The van der Waals surface area contributed by atoms with E-state index in [9.17, 15) is 13.7 Å². The first-order valence-corrected chi connectivity index (χ1v) is 13.9. The van der Waals surface area contributed by atoms with Gasteiger partial charge in [0.25, 0.3) is 0 Å². The van der Waals surface area contributed by atoms with Crippen LogP contribution >= 0.6 is 0 Å². The number of piperazine rings is 1. The molecule has 0 atom stereocenters. The van der Waals surface area contributed by atoms with Crippen LogP contribution in [0.4, 0.5) is 11.8 Å². The van der Waals surface area contributed by atoms with Gasteiger partial charge >= 0.3 is 0 Å². The van der Waals surface area contributed by atoms with Gasteiger partial charge in [0.1, 0.15) is 11.9 Å². The zero-order chi connectivity index (χ0) is 24.6. The van der Waals surface area contributed by atoms with Crippen LogP contribution in [0.1, 0.15) is 36.6 Å². The topological polar surface area (TPSA) is 96.7 Å². The van der Waals surface area contributed by atoms with Gasteiger partial charge in [-0.25, -0.2) is 13.4 Å². The molecule has 9 nitrogen and oxygen atoms in total. The Hall–Kier alpha value is -2.74.